The number of hydrazine groups is 1. The van der Waals surface area contributed by atoms with Gasteiger partial charge in [-0.05, 0) is 6.42 Å². The van der Waals surface area contributed by atoms with E-state index in [4.69, 9.17) is 14.2 Å². The van der Waals surface area contributed by atoms with Crippen molar-refractivity contribution in [2.75, 3.05) is 18.6 Å². The molecule has 0 radical (unpaired) electrons. The Bertz CT molecular complexity index is 852. The fourth-order valence-corrected chi connectivity index (χ4v) is 3.21. The lowest BCUT2D eigenvalue weighted by atomic mass is 10.1. The third-order valence-electron chi connectivity index (χ3n) is 4.51. The van der Waals surface area contributed by atoms with Crippen molar-refractivity contribution in [1.29, 1.82) is 0 Å². The van der Waals surface area contributed by atoms with E-state index in [1.807, 2.05) is 0 Å². The Labute approximate surface area is 160 Å². The third-order valence-corrected chi connectivity index (χ3v) is 4.51. The Kier molecular flexibility index (Phi) is 5.63. The van der Waals surface area contributed by atoms with Crippen molar-refractivity contribution in [2.24, 2.45) is 0 Å². The summed E-state index contributed by atoms with van der Waals surface area (Å²) in [4.78, 5) is 50.4. The van der Waals surface area contributed by atoms with Crippen LogP contribution in [0, 0.1) is 0 Å². The van der Waals surface area contributed by atoms with Gasteiger partial charge in [-0.1, -0.05) is 0 Å². The molecule has 1 saturated heterocycles. The summed E-state index contributed by atoms with van der Waals surface area (Å²) < 4.78 is 17.4. The lowest BCUT2D eigenvalue weighted by molar-refractivity contribution is -0.155. The van der Waals surface area contributed by atoms with Crippen LogP contribution in [0.15, 0.2) is 11.0 Å². The Morgan fingerprint density at radius 2 is 2.04 bits per heavy atom. The summed E-state index contributed by atoms with van der Waals surface area (Å²) in [5, 5.41) is 1.39. The average molecular weight is 394 g/mol. The van der Waals surface area contributed by atoms with Crippen molar-refractivity contribution in [3.8, 4) is 0 Å². The minimum absolute atomic E-state index is 0.0912. The lowest BCUT2D eigenvalue weighted by Crippen LogP contribution is -2.42. The summed E-state index contributed by atoms with van der Waals surface area (Å²) in [6.45, 7) is 4.31. The fourth-order valence-electron chi connectivity index (χ4n) is 3.21. The average Bonchev–Trinajstić information content (AvgIpc) is 3.00. The van der Waals surface area contributed by atoms with E-state index in [0.29, 0.717) is 18.8 Å². The maximum absolute atomic E-state index is 12.5. The molecule has 1 amide bonds. The molecule has 0 aromatic carbocycles. The smallest absolute Gasteiger partial charge is 0.351 e. The SMILES string of the molecule is CC(=O)OC[C@H]1O[C@@H](n2cc3c(nc2=O)NN(C(C)=O)CC3)C[C@@H]1OC(C)=O. The highest BCUT2D eigenvalue weighted by molar-refractivity contribution is 5.75. The van der Waals surface area contributed by atoms with Crippen molar-refractivity contribution < 1.29 is 28.6 Å². The van der Waals surface area contributed by atoms with Crippen LogP contribution in [0.4, 0.5) is 5.82 Å². The largest absolute Gasteiger partial charge is 0.463 e. The number of ether oxygens (including phenoxy) is 3. The van der Waals surface area contributed by atoms with Crippen molar-refractivity contribution in [3.63, 3.8) is 0 Å². The van der Waals surface area contributed by atoms with Crippen LogP contribution >= 0.6 is 0 Å². The summed E-state index contributed by atoms with van der Waals surface area (Å²) in [6, 6.07) is 0. The predicted molar refractivity (Wildman–Crippen MR) is 93.9 cm³/mol. The second kappa shape index (κ2) is 7.97. The molecular formula is C17H22N4O7. The first kappa shape index (κ1) is 19.8. The van der Waals surface area contributed by atoms with E-state index in [1.165, 1.54) is 30.3 Å². The number of hydrogen-bond acceptors (Lipinski definition) is 9. The summed E-state index contributed by atoms with van der Waals surface area (Å²) in [5.41, 5.74) is 3.01. The zero-order valence-electron chi connectivity index (χ0n) is 15.8. The highest BCUT2D eigenvalue weighted by atomic mass is 16.6. The number of nitrogens with zero attached hydrogens (tertiary/aromatic N) is 3. The van der Waals surface area contributed by atoms with Gasteiger partial charge in [0.2, 0.25) is 5.91 Å². The highest BCUT2D eigenvalue weighted by Crippen LogP contribution is 2.31. The highest BCUT2D eigenvalue weighted by Gasteiger charge is 2.40. The van der Waals surface area contributed by atoms with E-state index in [9.17, 15) is 19.2 Å². The van der Waals surface area contributed by atoms with E-state index in [0.717, 1.165) is 5.56 Å². The Morgan fingerprint density at radius 3 is 2.68 bits per heavy atom. The number of carbonyl (C=O) groups is 3. The minimum atomic E-state index is -0.721. The van der Waals surface area contributed by atoms with Crippen LogP contribution in [0.2, 0.25) is 0 Å². The molecule has 152 valence electrons. The summed E-state index contributed by atoms with van der Waals surface area (Å²) >= 11 is 0. The molecule has 0 bridgehead atoms. The van der Waals surface area contributed by atoms with Crippen LogP contribution in [-0.4, -0.2) is 57.8 Å². The van der Waals surface area contributed by atoms with Crippen LogP contribution in [0.5, 0.6) is 0 Å². The molecule has 1 N–H and O–H groups in total. The van der Waals surface area contributed by atoms with Crippen LogP contribution in [0.3, 0.4) is 0 Å². The molecule has 1 aromatic rings. The Balaban J connectivity index is 1.81. The number of fused-ring (bicyclic) bond motifs is 1. The zero-order chi connectivity index (χ0) is 20.4. The molecule has 1 aromatic heterocycles. The summed E-state index contributed by atoms with van der Waals surface area (Å²) in [6.07, 6.45) is 0.299. The van der Waals surface area contributed by atoms with Crippen molar-refractivity contribution >= 4 is 23.7 Å². The van der Waals surface area contributed by atoms with E-state index in [-0.39, 0.29) is 18.9 Å². The molecule has 11 heteroatoms. The molecule has 0 unspecified atom stereocenters. The number of carbonyl (C=O) groups excluding carboxylic acids is 3. The normalized spacial score (nSPS) is 23.5. The molecule has 3 atom stereocenters. The van der Waals surface area contributed by atoms with Gasteiger partial charge < -0.3 is 14.2 Å². The molecule has 0 spiro atoms. The second-order valence-corrected chi connectivity index (χ2v) is 6.65. The van der Waals surface area contributed by atoms with Crippen LogP contribution < -0.4 is 11.1 Å². The second-order valence-electron chi connectivity index (χ2n) is 6.65. The van der Waals surface area contributed by atoms with Gasteiger partial charge in [-0.3, -0.25) is 29.4 Å². The molecule has 28 heavy (non-hydrogen) atoms. The standard InChI is InChI=1S/C17H22N4O7/c1-9(22)21-5-4-12-7-20(17(25)18-16(12)19-21)15-6-13(27-11(3)24)14(28-15)8-26-10(2)23/h7,13-15H,4-6,8H2,1-3H3,(H,18,19,25)/t13-,14+,15+/m0/s1. The topological polar surface area (TPSA) is 129 Å². The first-order valence-corrected chi connectivity index (χ1v) is 8.87. The van der Waals surface area contributed by atoms with Gasteiger partial charge in [0.25, 0.3) is 0 Å². The van der Waals surface area contributed by atoms with Crippen molar-refractivity contribution in [1.82, 2.24) is 14.6 Å². The van der Waals surface area contributed by atoms with Gasteiger partial charge in [0.15, 0.2) is 5.82 Å². The number of rotatable bonds is 4. The van der Waals surface area contributed by atoms with Gasteiger partial charge in [0.05, 0.1) is 0 Å². The summed E-state index contributed by atoms with van der Waals surface area (Å²) in [7, 11) is 0. The summed E-state index contributed by atoms with van der Waals surface area (Å²) in [5.74, 6) is -0.823. The van der Waals surface area contributed by atoms with Gasteiger partial charge >= 0.3 is 17.6 Å². The zero-order valence-corrected chi connectivity index (χ0v) is 15.8. The fraction of sp³-hybridized carbons (Fsp3) is 0.588. The number of esters is 2. The van der Waals surface area contributed by atoms with Crippen molar-refractivity contribution in [2.45, 2.75) is 52.0 Å². The third kappa shape index (κ3) is 4.30. The Hall–Kier alpha value is -2.95. The van der Waals surface area contributed by atoms with Crippen LogP contribution in [0.1, 0.15) is 39.0 Å². The number of nitrogens with one attached hydrogen (secondary N) is 1. The van der Waals surface area contributed by atoms with Gasteiger partial charge in [0, 0.05) is 45.5 Å². The van der Waals surface area contributed by atoms with Gasteiger partial charge in [-0.2, -0.15) is 4.98 Å². The molecule has 3 rings (SSSR count). The number of amides is 1. The maximum atomic E-state index is 12.5. The van der Waals surface area contributed by atoms with Crippen LogP contribution in [-0.2, 0) is 35.0 Å². The molecule has 2 aliphatic heterocycles. The van der Waals surface area contributed by atoms with E-state index < -0.39 is 36.1 Å². The number of anilines is 1. The quantitative estimate of drug-likeness (QED) is 0.688. The molecule has 0 aliphatic carbocycles. The van der Waals surface area contributed by atoms with E-state index in [1.54, 1.807) is 6.20 Å². The van der Waals surface area contributed by atoms with E-state index >= 15 is 0 Å². The maximum Gasteiger partial charge on any atom is 0.351 e. The molecule has 0 saturated carbocycles. The lowest BCUT2D eigenvalue weighted by Gasteiger charge is -2.29. The first-order valence-electron chi connectivity index (χ1n) is 8.87. The first-order chi connectivity index (χ1) is 13.2. The van der Waals surface area contributed by atoms with E-state index in [2.05, 4.69) is 10.4 Å². The number of hydrogen-bond donors (Lipinski definition) is 1. The minimum Gasteiger partial charge on any atom is -0.463 e. The molecule has 11 nitrogen and oxygen atoms in total. The van der Waals surface area contributed by atoms with Crippen LogP contribution in [0.25, 0.3) is 0 Å². The number of aromatic nitrogens is 2. The molecule has 2 aliphatic rings. The van der Waals surface area contributed by atoms with Gasteiger partial charge in [-0.25, -0.2) is 4.79 Å². The van der Waals surface area contributed by atoms with Crippen molar-refractivity contribution in [3.05, 3.63) is 22.2 Å². The monoisotopic (exact) mass is 394 g/mol. The van der Waals surface area contributed by atoms with Gasteiger partial charge in [0.1, 0.15) is 25.0 Å². The molecule has 3 heterocycles. The molecule has 1 fully saturated rings. The van der Waals surface area contributed by atoms with Gasteiger partial charge in [-0.15, -0.1) is 0 Å². The predicted octanol–water partition coefficient (Wildman–Crippen LogP) is -0.243. The Morgan fingerprint density at radius 1 is 1.29 bits per heavy atom. The molecular weight excluding hydrogens is 372 g/mol.